The van der Waals surface area contributed by atoms with Crippen molar-refractivity contribution in [1.29, 1.82) is 0 Å². The molecule has 0 spiro atoms. The second-order valence-electron chi connectivity index (χ2n) is 16.3. The van der Waals surface area contributed by atoms with Crippen molar-refractivity contribution in [2.45, 2.75) is 206 Å². The number of Topliss-reactive ketones (excluding diaryl/α,β-unsaturated/α-hetero) is 2. The van der Waals surface area contributed by atoms with E-state index in [0.29, 0.717) is 29.2 Å². The van der Waals surface area contributed by atoms with E-state index in [9.17, 15) is 9.59 Å². The Kier molecular flexibility index (Phi) is 28.1. The van der Waals surface area contributed by atoms with Gasteiger partial charge in [0.25, 0.3) is 0 Å². The summed E-state index contributed by atoms with van der Waals surface area (Å²) >= 11 is 0. The topological polar surface area (TPSA) is 89.3 Å². The zero-order valence-corrected chi connectivity index (χ0v) is 36.1. The second-order valence-corrected chi connectivity index (χ2v) is 16.3. The molecule has 49 heavy (non-hydrogen) atoms. The predicted molar refractivity (Wildman–Crippen MR) is 217 cm³/mol. The van der Waals surface area contributed by atoms with Gasteiger partial charge in [-0.1, -0.05) is 147 Å². The Hall–Kier alpha value is -1.33. The van der Waals surface area contributed by atoms with E-state index < -0.39 is 6.04 Å². The van der Waals surface area contributed by atoms with Crippen LogP contribution in [0.4, 0.5) is 0 Å². The molecule has 3 N–H and O–H groups in total. The van der Waals surface area contributed by atoms with Crippen LogP contribution < -0.4 is 11.1 Å². The highest BCUT2D eigenvalue weighted by atomic mass is 16.1. The zero-order valence-electron chi connectivity index (χ0n) is 36.1. The Morgan fingerprint density at radius 3 is 1.78 bits per heavy atom. The second kappa shape index (κ2) is 26.4. The van der Waals surface area contributed by atoms with Crippen LogP contribution in [0.5, 0.6) is 0 Å². The number of nitrogens with two attached hydrogens (primary N) is 1. The summed E-state index contributed by atoms with van der Waals surface area (Å²) in [7, 11) is 2.16. The molecule has 0 radical (unpaired) electrons. The van der Waals surface area contributed by atoms with Gasteiger partial charge in [0.05, 0.1) is 6.04 Å². The van der Waals surface area contributed by atoms with Crippen LogP contribution in [-0.2, 0) is 14.4 Å². The van der Waals surface area contributed by atoms with E-state index in [1.807, 2.05) is 60.6 Å². The summed E-state index contributed by atoms with van der Waals surface area (Å²) in [6.07, 6.45) is 21.3. The van der Waals surface area contributed by atoms with Crippen LogP contribution in [0.3, 0.4) is 0 Å². The standard InChI is InChI=1S/C20H33NO2.C14H29N.C4H10.C2H4O.2C2H6/c1-7-9-19(4,5)18(21)17(23)13-10-14(12(3)22)16-15(11-13)20(16,6)8-2;1-13(2,3)9-8-12-14(15-4)10-6-5-7-11-14;1-3-4-2;1-2-3;2*1-2/h7,9,13-16,18H,8,10-11,21H2,1-6H3;15H,5-12H2,1-4H3;3-4H2,1-2H3;2H,1H3;2*1-2H3/b9-7-;;;;;/t13?,14-,15+,16-,18-,20?;;;;;/m1...../s1. The molecule has 3 aliphatic carbocycles. The van der Waals surface area contributed by atoms with Crippen molar-refractivity contribution >= 4 is 17.9 Å². The molecule has 2 unspecified atom stereocenters. The van der Waals surface area contributed by atoms with E-state index >= 15 is 0 Å². The van der Waals surface area contributed by atoms with Gasteiger partial charge in [-0.15, -0.1) is 0 Å². The number of hydrogen-bond donors (Lipinski definition) is 2. The third kappa shape index (κ3) is 18.1. The first-order valence-corrected chi connectivity index (χ1v) is 20.4. The Morgan fingerprint density at radius 2 is 1.41 bits per heavy atom. The van der Waals surface area contributed by atoms with Crippen LogP contribution in [0.1, 0.15) is 194 Å². The average Bonchev–Trinajstić information content (AvgIpc) is 3.69. The molecule has 0 saturated heterocycles. The van der Waals surface area contributed by atoms with Gasteiger partial charge in [0.1, 0.15) is 12.1 Å². The summed E-state index contributed by atoms with van der Waals surface area (Å²) in [4.78, 5) is 33.9. The molecule has 5 heteroatoms. The Morgan fingerprint density at radius 1 is 0.918 bits per heavy atom. The number of nitrogens with one attached hydrogen (secondary N) is 1. The van der Waals surface area contributed by atoms with E-state index in [2.05, 4.69) is 60.8 Å². The van der Waals surface area contributed by atoms with Crippen molar-refractivity contribution in [2.24, 2.45) is 45.7 Å². The molecule has 6 atom stereocenters. The van der Waals surface area contributed by atoms with E-state index in [0.717, 1.165) is 19.1 Å². The smallest absolute Gasteiger partial charge is 0.153 e. The molecule has 292 valence electrons. The van der Waals surface area contributed by atoms with Crippen LogP contribution in [0.2, 0.25) is 0 Å². The predicted octanol–water partition coefficient (Wildman–Crippen LogP) is 12.0. The van der Waals surface area contributed by atoms with Gasteiger partial charge in [-0.25, -0.2) is 0 Å². The lowest BCUT2D eigenvalue weighted by atomic mass is 9.72. The van der Waals surface area contributed by atoms with Gasteiger partial charge in [0.15, 0.2) is 5.78 Å². The maximum atomic E-state index is 13.0. The molecule has 5 nitrogen and oxygen atoms in total. The summed E-state index contributed by atoms with van der Waals surface area (Å²) in [5, 5.41) is 3.60. The number of carbonyl (C=O) groups excluding carboxylic acids is 3. The normalized spacial score (nSPS) is 25.7. The number of unbranched alkanes of at least 4 members (excludes halogenated alkanes) is 1. The van der Waals surface area contributed by atoms with Crippen LogP contribution in [0, 0.1) is 39.9 Å². The highest BCUT2D eigenvalue weighted by Crippen LogP contribution is 2.70. The number of aldehydes is 1. The number of hydrogen-bond acceptors (Lipinski definition) is 5. The fourth-order valence-corrected chi connectivity index (χ4v) is 7.82. The van der Waals surface area contributed by atoms with Crippen molar-refractivity contribution in [3.05, 3.63) is 12.2 Å². The van der Waals surface area contributed by atoms with Crippen LogP contribution >= 0.6 is 0 Å². The van der Waals surface area contributed by atoms with E-state index in [1.165, 1.54) is 71.1 Å². The number of allylic oxidation sites excluding steroid dienone is 1. The number of carbonyl (C=O) groups is 3. The third-order valence-electron chi connectivity index (χ3n) is 11.3. The minimum absolute atomic E-state index is 0.0460. The highest BCUT2D eigenvalue weighted by molar-refractivity contribution is 5.89. The lowest BCUT2D eigenvalue weighted by molar-refractivity contribution is -0.129. The Bertz CT molecular complexity index is 894. The van der Waals surface area contributed by atoms with E-state index in [4.69, 9.17) is 10.5 Å². The molecule has 3 fully saturated rings. The van der Waals surface area contributed by atoms with Crippen molar-refractivity contribution in [3.63, 3.8) is 0 Å². The molecule has 0 aliphatic heterocycles. The lowest BCUT2D eigenvalue weighted by Gasteiger charge is -2.38. The maximum Gasteiger partial charge on any atom is 0.153 e. The summed E-state index contributed by atoms with van der Waals surface area (Å²) in [5.74, 6) is 1.37. The molecule has 0 aromatic rings. The summed E-state index contributed by atoms with van der Waals surface area (Å²) in [6, 6.07) is -0.500. The molecule has 0 aromatic carbocycles. The van der Waals surface area contributed by atoms with Crippen LogP contribution in [-0.4, -0.2) is 36.5 Å². The van der Waals surface area contributed by atoms with Crippen molar-refractivity contribution in [2.75, 3.05) is 7.05 Å². The highest BCUT2D eigenvalue weighted by Gasteiger charge is 2.66. The van der Waals surface area contributed by atoms with Gasteiger partial charge in [-0.2, -0.15) is 0 Å². The Labute approximate surface area is 307 Å². The van der Waals surface area contributed by atoms with Crippen LogP contribution in [0.25, 0.3) is 0 Å². The molecule has 0 bridgehead atoms. The quantitative estimate of drug-likeness (QED) is 0.166. The SMILES string of the molecule is C/C=C\C(C)(C)[C@H](N)C(=O)C1C[C@H](C(C)=O)[C@@H]2[C@H](C1)C2(C)CC.CC.CC.CC=O.CCCC.CNC1(CCCC(C)(C)C)CCCCC1. The molecule has 0 amide bonds. The maximum absolute atomic E-state index is 13.0. The molecule has 3 saturated carbocycles. The van der Waals surface area contributed by atoms with Gasteiger partial charge < -0.3 is 15.8 Å². The first-order chi connectivity index (χ1) is 22.9. The van der Waals surface area contributed by atoms with Gasteiger partial charge in [0.2, 0.25) is 0 Å². The molecular formula is C44H88N2O3. The van der Waals surface area contributed by atoms with E-state index in [1.54, 1.807) is 6.92 Å². The fraction of sp³-hybridized carbons (Fsp3) is 0.886. The lowest BCUT2D eigenvalue weighted by Crippen LogP contribution is -2.47. The zero-order chi connectivity index (χ0) is 39.1. The van der Waals surface area contributed by atoms with Crippen LogP contribution in [0.15, 0.2) is 12.2 Å². The average molecular weight is 693 g/mol. The third-order valence-corrected chi connectivity index (χ3v) is 11.3. The molecule has 3 rings (SSSR count). The fourth-order valence-electron chi connectivity index (χ4n) is 7.82. The number of ketones is 2. The molecule has 0 aromatic heterocycles. The minimum Gasteiger partial charge on any atom is -0.321 e. The van der Waals surface area contributed by atoms with Gasteiger partial charge >= 0.3 is 0 Å². The van der Waals surface area contributed by atoms with Crippen molar-refractivity contribution in [1.82, 2.24) is 5.32 Å². The van der Waals surface area contributed by atoms with Gasteiger partial charge in [-0.05, 0) is 89.0 Å². The first kappa shape index (κ1) is 52.0. The summed E-state index contributed by atoms with van der Waals surface area (Å²) < 4.78 is 0. The summed E-state index contributed by atoms with van der Waals surface area (Å²) in [6.45, 7) is 33.0. The molecule has 0 heterocycles. The minimum atomic E-state index is -0.500. The molecule has 3 aliphatic rings. The van der Waals surface area contributed by atoms with E-state index in [-0.39, 0.29) is 34.2 Å². The van der Waals surface area contributed by atoms with Crippen molar-refractivity contribution < 1.29 is 14.4 Å². The first-order valence-electron chi connectivity index (χ1n) is 20.4. The monoisotopic (exact) mass is 693 g/mol. The number of fused-ring (bicyclic) bond motifs is 1. The van der Waals surface area contributed by atoms with Crippen molar-refractivity contribution in [3.8, 4) is 0 Å². The number of rotatable bonds is 11. The summed E-state index contributed by atoms with van der Waals surface area (Å²) in [5.41, 5.74) is 7.20. The largest absolute Gasteiger partial charge is 0.321 e. The molecular weight excluding hydrogens is 604 g/mol. The van der Waals surface area contributed by atoms with Gasteiger partial charge in [-0.3, -0.25) is 9.59 Å². The van der Waals surface area contributed by atoms with Gasteiger partial charge in [0, 0.05) is 22.8 Å². The Balaban J connectivity index is -0.000000698.